The topological polar surface area (TPSA) is 282 Å². The van der Waals surface area contributed by atoms with Gasteiger partial charge in [-0.1, -0.05) is 64.7 Å². The van der Waals surface area contributed by atoms with E-state index in [-0.39, 0.29) is 12.1 Å². The maximum atomic E-state index is 11.3. The van der Waals surface area contributed by atoms with Gasteiger partial charge in [-0.2, -0.15) is 0 Å². The van der Waals surface area contributed by atoms with Crippen LogP contribution in [0.5, 0.6) is 0 Å². The number of unbranched alkanes of at least 4 members (excludes halogenated alkanes) is 8. The molecule has 0 aliphatic carbocycles. The molecular weight excluding hydrogens is 796 g/mol. The van der Waals surface area contributed by atoms with Crippen LogP contribution < -0.4 is 0 Å². The maximum absolute atomic E-state index is 11.3. The first-order valence-corrected chi connectivity index (χ1v) is 21.9. The molecule has 0 spiro atoms. The van der Waals surface area contributed by atoms with Gasteiger partial charge in [-0.3, -0.25) is 4.79 Å². The zero-order valence-electron chi connectivity index (χ0n) is 35.9. The Morgan fingerprint density at radius 2 is 0.850 bits per heavy atom. The van der Waals surface area contributed by atoms with Gasteiger partial charge in [-0.05, 0) is 47.0 Å². The summed E-state index contributed by atoms with van der Waals surface area (Å²) < 4.78 is 52.2. The van der Waals surface area contributed by atoms with Gasteiger partial charge in [-0.15, -0.1) is 0 Å². The average Bonchev–Trinajstić information content (AvgIpc) is 3.22. The predicted molar refractivity (Wildman–Crippen MR) is 209 cm³/mol. The van der Waals surface area contributed by atoms with Gasteiger partial charge in [0.15, 0.2) is 25.2 Å². The van der Waals surface area contributed by atoms with E-state index in [0.717, 1.165) is 77.0 Å². The molecule has 9 N–H and O–H groups in total. The molecule has 4 aliphatic heterocycles. The number of esters is 1. The summed E-state index contributed by atoms with van der Waals surface area (Å²) in [5, 5.41) is 97.3. The Hall–Kier alpha value is -1.21. The number of hydrogen-bond acceptors (Lipinski definition) is 19. The van der Waals surface area contributed by atoms with Gasteiger partial charge >= 0.3 is 5.97 Å². The van der Waals surface area contributed by atoms with E-state index in [2.05, 4.69) is 6.92 Å². The van der Waals surface area contributed by atoms with Crippen LogP contribution in [-0.4, -0.2) is 188 Å². The van der Waals surface area contributed by atoms with Gasteiger partial charge in [0.1, 0.15) is 73.2 Å². The molecule has 0 aromatic carbocycles. The SMILES string of the molecule is CCCCC[C@@H](CCCCCCCCCC(=O)OC)O[C@@H]1O[C@H](C)[C@H](O)[C@H](O)[C@H]1O[C@@H]1O[C@@H](C)[C@H](O[C@@H]2O[C@@H](C)[C@H](O[C@@H]3O[C@@H](C)[C@H](O)[C@@H](O)[C@H]3O)[C@@H](O)[C@H]2O)[C@@H](O)[C@H]1O. The smallest absolute Gasteiger partial charge is 0.305 e. The highest BCUT2D eigenvalue weighted by molar-refractivity contribution is 5.68. The molecule has 4 saturated heterocycles. The second kappa shape index (κ2) is 24.7. The molecule has 4 heterocycles. The van der Waals surface area contributed by atoms with Crippen LogP contribution in [0.3, 0.4) is 0 Å². The Kier molecular flexibility index (Phi) is 21.2. The fourth-order valence-electron chi connectivity index (χ4n) is 8.18. The molecule has 4 fully saturated rings. The van der Waals surface area contributed by atoms with Crippen LogP contribution >= 0.6 is 0 Å². The van der Waals surface area contributed by atoms with Crippen LogP contribution in [0.2, 0.25) is 0 Å². The van der Waals surface area contributed by atoms with Gasteiger partial charge in [0.2, 0.25) is 0 Å². The summed E-state index contributed by atoms with van der Waals surface area (Å²) in [6, 6.07) is 0. The molecular formula is C41H74O19. The summed E-state index contributed by atoms with van der Waals surface area (Å²) in [6.45, 7) is 8.19. The van der Waals surface area contributed by atoms with Crippen LogP contribution in [0.4, 0.5) is 0 Å². The highest BCUT2D eigenvalue weighted by Gasteiger charge is 2.54. The fraction of sp³-hybridized carbons (Fsp3) is 0.976. The molecule has 19 heteroatoms. The fourth-order valence-corrected chi connectivity index (χ4v) is 8.18. The Morgan fingerprint density at radius 1 is 0.467 bits per heavy atom. The Morgan fingerprint density at radius 3 is 1.35 bits per heavy atom. The van der Waals surface area contributed by atoms with Crippen molar-refractivity contribution in [1.82, 2.24) is 0 Å². The van der Waals surface area contributed by atoms with Crippen LogP contribution in [0, 0.1) is 0 Å². The van der Waals surface area contributed by atoms with Crippen molar-refractivity contribution in [3.63, 3.8) is 0 Å². The summed E-state index contributed by atoms with van der Waals surface area (Å²) >= 11 is 0. The predicted octanol–water partition coefficient (Wildman–Crippen LogP) is 0.0187. The number of rotatable bonds is 22. The van der Waals surface area contributed by atoms with E-state index < -0.39 is 123 Å². The Balaban J connectivity index is 1.34. The van der Waals surface area contributed by atoms with Gasteiger partial charge in [0.25, 0.3) is 0 Å². The number of carbonyl (C=O) groups excluding carboxylic acids is 1. The van der Waals surface area contributed by atoms with Crippen LogP contribution in [0.25, 0.3) is 0 Å². The van der Waals surface area contributed by atoms with E-state index in [0.29, 0.717) is 6.42 Å². The number of methoxy groups -OCH3 is 1. The van der Waals surface area contributed by atoms with Crippen LogP contribution in [-0.2, 0) is 47.4 Å². The lowest BCUT2D eigenvalue weighted by Crippen LogP contribution is -2.66. The van der Waals surface area contributed by atoms with Crippen molar-refractivity contribution in [1.29, 1.82) is 0 Å². The van der Waals surface area contributed by atoms with Gasteiger partial charge in [-0.25, -0.2) is 0 Å². The summed E-state index contributed by atoms with van der Waals surface area (Å²) in [6.07, 6.45) is -16.5. The maximum Gasteiger partial charge on any atom is 0.305 e. The summed E-state index contributed by atoms with van der Waals surface area (Å²) in [4.78, 5) is 11.3. The third-order valence-electron chi connectivity index (χ3n) is 12.1. The standard InChI is InChI=1S/C41H74O19/c1-7-8-14-17-24(18-15-12-10-9-11-13-16-19-25(42)52-6)57-41-37(29(46)27(44)21(3)54-41)60-40-34(51)31(48)36(23(5)56-40)59-39-33(50)30(47)35(22(4)55-39)58-38-32(49)28(45)26(43)20(2)53-38/h20-24,26-41,43-51H,7-19H2,1-6H3/t20-,21+,22-,23-,24-,26-,27-,28+,29-,30-,31-,32+,33+,34+,35-,36-,37+,38-,39-,40-,41-/m0/s1. The first-order valence-electron chi connectivity index (χ1n) is 21.9. The van der Waals surface area contributed by atoms with Crippen molar-refractivity contribution >= 4 is 5.97 Å². The first-order chi connectivity index (χ1) is 28.5. The first kappa shape index (κ1) is 51.4. The molecule has 0 saturated carbocycles. The Bertz CT molecular complexity index is 1230. The third-order valence-corrected chi connectivity index (χ3v) is 12.1. The van der Waals surface area contributed by atoms with Gasteiger partial charge in [0.05, 0.1) is 37.6 Å². The Labute approximate surface area is 353 Å². The highest BCUT2D eigenvalue weighted by Crippen LogP contribution is 2.35. The van der Waals surface area contributed by atoms with Crippen molar-refractivity contribution in [2.24, 2.45) is 0 Å². The highest BCUT2D eigenvalue weighted by atomic mass is 16.8. The van der Waals surface area contributed by atoms with E-state index in [1.165, 1.54) is 27.9 Å². The summed E-state index contributed by atoms with van der Waals surface area (Å²) in [5.41, 5.74) is 0. The zero-order chi connectivity index (χ0) is 44.3. The number of carbonyl (C=O) groups is 1. The van der Waals surface area contributed by atoms with Crippen molar-refractivity contribution < 1.29 is 93.4 Å². The molecule has 0 amide bonds. The molecule has 4 aliphatic rings. The number of aliphatic hydroxyl groups excluding tert-OH is 9. The second-order valence-corrected chi connectivity index (χ2v) is 16.9. The summed E-state index contributed by atoms with van der Waals surface area (Å²) in [5.74, 6) is -0.188. The quantitative estimate of drug-likeness (QED) is 0.0512. The van der Waals surface area contributed by atoms with Gasteiger partial charge < -0.3 is 88.6 Å². The van der Waals surface area contributed by atoms with Crippen molar-refractivity contribution in [3.8, 4) is 0 Å². The second-order valence-electron chi connectivity index (χ2n) is 16.9. The minimum Gasteiger partial charge on any atom is -0.469 e. The monoisotopic (exact) mass is 870 g/mol. The minimum atomic E-state index is -1.77. The summed E-state index contributed by atoms with van der Waals surface area (Å²) in [7, 11) is 1.39. The molecule has 0 aromatic rings. The normalized spacial score (nSPS) is 43.1. The molecule has 0 bridgehead atoms. The van der Waals surface area contributed by atoms with Crippen molar-refractivity contribution in [2.45, 2.75) is 247 Å². The van der Waals surface area contributed by atoms with E-state index >= 15 is 0 Å². The average molecular weight is 871 g/mol. The number of aliphatic hydroxyl groups is 9. The van der Waals surface area contributed by atoms with Crippen molar-refractivity contribution in [3.05, 3.63) is 0 Å². The molecule has 19 nitrogen and oxygen atoms in total. The number of hydrogen-bond donors (Lipinski definition) is 9. The zero-order valence-corrected chi connectivity index (χ0v) is 35.9. The largest absolute Gasteiger partial charge is 0.469 e. The third kappa shape index (κ3) is 13.7. The van der Waals surface area contributed by atoms with Crippen LogP contribution in [0.1, 0.15) is 118 Å². The van der Waals surface area contributed by atoms with E-state index in [9.17, 15) is 50.8 Å². The lowest BCUT2D eigenvalue weighted by Gasteiger charge is -2.48. The van der Waals surface area contributed by atoms with E-state index in [4.69, 9.17) is 42.6 Å². The molecule has 0 aromatic heterocycles. The van der Waals surface area contributed by atoms with E-state index in [1.54, 1.807) is 6.92 Å². The lowest BCUT2D eigenvalue weighted by molar-refractivity contribution is -0.387. The molecule has 60 heavy (non-hydrogen) atoms. The molecule has 352 valence electrons. The lowest BCUT2D eigenvalue weighted by atomic mass is 9.96. The number of ether oxygens (including phenoxy) is 9. The molecule has 21 atom stereocenters. The molecule has 4 rings (SSSR count). The van der Waals surface area contributed by atoms with Gasteiger partial charge in [0, 0.05) is 6.42 Å². The van der Waals surface area contributed by atoms with Crippen LogP contribution in [0.15, 0.2) is 0 Å². The van der Waals surface area contributed by atoms with Crippen molar-refractivity contribution in [2.75, 3.05) is 7.11 Å². The van der Waals surface area contributed by atoms with E-state index in [1.807, 2.05) is 0 Å². The minimum absolute atomic E-state index is 0.188. The molecule has 0 radical (unpaired) electrons. The molecule has 0 unspecified atom stereocenters.